The van der Waals surface area contributed by atoms with Crippen LogP contribution in [0.15, 0.2) is 0 Å². The van der Waals surface area contributed by atoms with Crippen LogP contribution in [0.3, 0.4) is 0 Å². The average Bonchev–Trinajstić information content (AvgIpc) is 2.27. The molecular weight excluding hydrogens is 206 g/mol. The van der Waals surface area contributed by atoms with Gasteiger partial charge in [0.2, 0.25) is 0 Å². The highest BCUT2D eigenvalue weighted by molar-refractivity contribution is 5.72. The first kappa shape index (κ1) is 13.5. The summed E-state index contributed by atoms with van der Waals surface area (Å²) in [4.78, 5) is 11.4. The molecule has 2 unspecified atom stereocenters. The van der Waals surface area contributed by atoms with Crippen LogP contribution in [0.25, 0.3) is 0 Å². The second kappa shape index (κ2) is 5.64. The Bertz CT molecular complexity index is 236. The second-order valence-corrected chi connectivity index (χ2v) is 4.92. The lowest BCUT2D eigenvalue weighted by Crippen LogP contribution is -2.53. The zero-order chi connectivity index (χ0) is 12.2. The zero-order valence-corrected chi connectivity index (χ0v) is 10.7. The molecule has 2 atom stereocenters. The van der Waals surface area contributed by atoms with E-state index in [4.69, 9.17) is 9.47 Å². The molecule has 0 aliphatic carbocycles. The molecule has 0 spiro atoms. The largest absolute Gasteiger partial charge is 0.469 e. The highest BCUT2D eigenvalue weighted by Gasteiger charge is 2.31. The highest BCUT2D eigenvalue weighted by atomic mass is 16.5. The molecule has 1 aliphatic heterocycles. The molecule has 1 rings (SSSR count). The molecule has 0 aromatic heterocycles. The Kier molecular flexibility index (Phi) is 4.74. The zero-order valence-electron chi connectivity index (χ0n) is 10.7. The van der Waals surface area contributed by atoms with E-state index in [1.165, 1.54) is 7.11 Å². The number of carbonyl (C=O) groups is 1. The van der Waals surface area contributed by atoms with Gasteiger partial charge in [-0.1, -0.05) is 6.92 Å². The second-order valence-electron chi connectivity index (χ2n) is 4.92. The van der Waals surface area contributed by atoms with E-state index < -0.39 is 0 Å². The van der Waals surface area contributed by atoms with Gasteiger partial charge in [0.05, 0.1) is 13.0 Å². The third-order valence-corrected chi connectivity index (χ3v) is 3.50. The minimum Gasteiger partial charge on any atom is -0.469 e. The molecule has 0 amide bonds. The summed E-state index contributed by atoms with van der Waals surface area (Å²) in [5.74, 6) is -0.277. The first-order chi connectivity index (χ1) is 7.48. The van der Waals surface area contributed by atoms with Crippen molar-refractivity contribution in [2.45, 2.75) is 45.2 Å². The molecule has 0 bridgehead atoms. The van der Waals surface area contributed by atoms with Crippen LogP contribution >= 0.6 is 0 Å². The van der Waals surface area contributed by atoms with E-state index in [2.05, 4.69) is 12.2 Å². The summed E-state index contributed by atoms with van der Waals surface area (Å²) in [5, 5.41) is 3.53. The van der Waals surface area contributed by atoms with E-state index in [9.17, 15) is 4.79 Å². The van der Waals surface area contributed by atoms with E-state index in [1.54, 1.807) is 0 Å². The van der Waals surface area contributed by atoms with Crippen molar-refractivity contribution < 1.29 is 14.3 Å². The lowest BCUT2D eigenvalue weighted by Gasteiger charge is -2.38. The Morgan fingerprint density at radius 1 is 1.38 bits per heavy atom. The fourth-order valence-electron chi connectivity index (χ4n) is 2.03. The van der Waals surface area contributed by atoms with Crippen LogP contribution in [0.1, 0.15) is 33.6 Å². The molecule has 1 heterocycles. The minimum atomic E-state index is -0.157. The van der Waals surface area contributed by atoms with Gasteiger partial charge in [0.15, 0.2) is 0 Å². The van der Waals surface area contributed by atoms with Crippen molar-refractivity contribution in [3.63, 3.8) is 0 Å². The van der Waals surface area contributed by atoms with E-state index in [-0.39, 0.29) is 23.5 Å². The first-order valence-electron chi connectivity index (χ1n) is 5.92. The van der Waals surface area contributed by atoms with Crippen molar-refractivity contribution in [2.24, 2.45) is 5.92 Å². The summed E-state index contributed by atoms with van der Waals surface area (Å²) >= 11 is 0. The van der Waals surface area contributed by atoms with Crippen LogP contribution < -0.4 is 5.32 Å². The van der Waals surface area contributed by atoms with Gasteiger partial charge in [-0.25, -0.2) is 0 Å². The molecule has 0 saturated carbocycles. The Morgan fingerprint density at radius 2 is 1.94 bits per heavy atom. The maximum Gasteiger partial charge on any atom is 0.309 e. The number of carbonyl (C=O) groups excluding carboxylic acids is 1. The van der Waals surface area contributed by atoms with Gasteiger partial charge in [0, 0.05) is 24.8 Å². The minimum absolute atomic E-state index is 0.0833. The topological polar surface area (TPSA) is 47.6 Å². The summed E-state index contributed by atoms with van der Waals surface area (Å²) in [7, 11) is 1.43. The van der Waals surface area contributed by atoms with E-state index in [1.807, 2.05) is 13.8 Å². The molecule has 1 aliphatic rings. The van der Waals surface area contributed by atoms with E-state index in [0.29, 0.717) is 0 Å². The molecule has 0 aromatic carbocycles. The Labute approximate surface area is 97.7 Å². The number of hydrogen-bond acceptors (Lipinski definition) is 4. The van der Waals surface area contributed by atoms with Crippen molar-refractivity contribution >= 4 is 5.97 Å². The van der Waals surface area contributed by atoms with Crippen LogP contribution in [0.5, 0.6) is 0 Å². The molecular formula is C12H23NO3. The van der Waals surface area contributed by atoms with Crippen LogP contribution in [0.2, 0.25) is 0 Å². The number of nitrogens with one attached hydrogen (secondary N) is 1. The van der Waals surface area contributed by atoms with E-state index in [0.717, 1.165) is 26.1 Å². The Morgan fingerprint density at radius 3 is 2.44 bits per heavy atom. The van der Waals surface area contributed by atoms with Crippen molar-refractivity contribution in [2.75, 3.05) is 20.3 Å². The molecule has 1 saturated heterocycles. The van der Waals surface area contributed by atoms with Gasteiger partial charge in [-0.15, -0.1) is 0 Å². The van der Waals surface area contributed by atoms with Crippen LogP contribution in [0.4, 0.5) is 0 Å². The van der Waals surface area contributed by atoms with Gasteiger partial charge in [-0.3, -0.25) is 4.79 Å². The van der Waals surface area contributed by atoms with Crippen molar-refractivity contribution in [3.8, 4) is 0 Å². The fourth-order valence-corrected chi connectivity index (χ4v) is 2.03. The molecule has 4 nitrogen and oxygen atoms in total. The van der Waals surface area contributed by atoms with Gasteiger partial charge in [0.25, 0.3) is 0 Å². The third kappa shape index (κ3) is 3.46. The lowest BCUT2D eigenvalue weighted by atomic mass is 9.89. The van der Waals surface area contributed by atoms with Crippen LogP contribution in [-0.4, -0.2) is 37.9 Å². The number of ether oxygens (including phenoxy) is 2. The fraction of sp³-hybridized carbons (Fsp3) is 0.917. The Balaban J connectivity index is 2.48. The van der Waals surface area contributed by atoms with Gasteiger partial charge >= 0.3 is 5.97 Å². The SMILES string of the molecule is COC(=O)C(C)C(C)NC1(C)CCOCC1. The predicted molar refractivity (Wildman–Crippen MR) is 62.2 cm³/mol. The molecule has 4 heteroatoms. The quantitative estimate of drug-likeness (QED) is 0.739. The normalized spacial score (nSPS) is 23.5. The van der Waals surface area contributed by atoms with Gasteiger partial charge < -0.3 is 14.8 Å². The summed E-state index contributed by atoms with van der Waals surface area (Å²) in [6.45, 7) is 7.70. The van der Waals surface area contributed by atoms with Crippen LogP contribution in [0, 0.1) is 5.92 Å². The maximum atomic E-state index is 11.4. The summed E-state index contributed by atoms with van der Waals surface area (Å²) in [5.41, 5.74) is 0.0833. The van der Waals surface area contributed by atoms with Gasteiger partial charge in [-0.2, -0.15) is 0 Å². The number of esters is 1. The standard InChI is InChI=1S/C12H23NO3/c1-9(11(14)15-4)10(2)13-12(3)5-7-16-8-6-12/h9-10,13H,5-8H2,1-4H3. The highest BCUT2D eigenvalue weighted by Crippen LogP contribution is 2.22. The number of rotatable bonds is 4. The smallest absolute Gasteiger partial charge is 0.309 e. The number of methoxy groups -OCH3 is 1. The summed E-state index contributed by atoms with van der Waals surface area (Å²) in [6, 6.07) is 0.121. The average molecular weight is 229 g/mol. The van der Waals surface area contributed by atoms with Crippen molar-refractivity contribution in [3.05, 3.63) is 0 Å². The lowest BCUT2D eigenvalue weighted by molar-refractivity contribution is -0.145. The van der Waals surface area contributed by atoms with E-state index >= 15 is 0 Å². The molecule has 0 radical (unpaired) electrons. The third-order valence-electron chi connectivity index (χ3n) is 3.50. The predicted octanol–water partition coefficient (Wildman–Crippen LogP) is 1.34. The monoisotopic (exact) mass is 229 g/mol. The molecule has 0 aromatic rings. The van der Waals surface area contributed by atoms with Gasteiger partial charge in [-0.05, 0) is 26.7 Å². The maximum absolute atomic E-state index is 11.4. The van der Waals surface area contributed by atoms with Crippen LogP contribution in [-0.2, 0) is 14.3 Å². The summed E-state index contributed by atoms with van der Waals surface area (Å²) < 4.78 is 10.1. The molecule has 1 N–H and O–H groups in total. The summed E-state index contributed by atoms with van der Waals surface area (Å²) in [6.07, 6.45) is 1.98. The van der Waals surface area contributed by atoms with Crippen molar-refractivity contribution in [1.29, 1.82) is 0 Å². The number of hydrogen-bond donors (Lipinski definition) is 1. The Hall–Kier alpha value is -0.610. The first-order valence-corrected chi connectivity index (χ1v) is 5.92. The molecule has 16 heavy (non-hydrogen) atoms. The van der Waals surface area contributed by atoms with Crippen molar-refractivity contribution in [1.82, 2.24) is 5.32 Å². The molecule has 94 valence electrons. The van der Waals surface area contributed by atoms with Gasteiger partial charge in [0.1, 0.15) is 0 Å². The molecule has 1 fully saturated rings.